The zero-order valence-corrected chi connectivity index (χ0v) is 12.1. The summed E-state index contributed by atoms with van der Waals surface area (Å²) in [6, 6.07) is 7.78. The molecule has 3 rings (SSSR count). The number of H-pyrrole nitrogens is 1. The number of carbonyl (C=O) groups excluding carboxylic acids is 2. The zero-order chi connectivity index (χ0) is 15.5. The van der Waals surface area contributed by atoms with Gasteiger partial charge in [0, 0.05) is 35.1 Å². The van der Waals surface area contributed by atoms with Crippen LogP contribution in [0.4, 0.5) is 0 Å². The van der Waals surface area contributed by atoms with E-state index in [1.807, 2.05) is 30.5 Å². The standard InChI is InChI=1S/C14H12N4O3S/c19-12(20)5-11-13(21)17-14(22-11)18-16-7-8-6-15-10-4-2-1-3-9(8)10/h1-4,6-7,11,15H,5H2,(H,19,20)(H,17,18,21)/p-1/b16-7+/t11-/m1/s1. The number of amides is 1. The first-order valence-corrected chi connectivity index (χ1v) is 7.36. The number of nitrogens with one attached hydrogen (secondary N) is 2. The number of benzene rings is 1. The van der Waals surface area contributed by atoms with E-state index in [0.29, 0.717) is 0 Å². The Morgan fingerprint density at radius 1 is 1.41 bits per heavy atom. The molecule has 1 saturated heterocycles. The highest BCUT2D eigenvalue weighted by Crippen LogP contribution is 2.22. The number of amidine groups is 1. The van der Waals surface area contributed by atoms with Crippen LogP contribution >= 0.6 is 11.8 Å². The fourth-order valence-electron chi connectivity index (χ4n) is 2.08. The molecule has 0 aliphatic carbocycles. The van der Waals surface area contributed by atoms with E-state index in [2.05, 4.69) is 20.5 Å². The number of rotatable bonds is 4. The van der Waals surface area contributed by atoms with Gasteiger partial charge in [-0.1, -0.05) is 30.0 Å². The van der Waals surface area contributed by atoms with E-state index in [1.54, 1.807) is 6.21 Å². The molecule has 1 aromatic carbocycles. The summed E-state index contributed by atoms with van der Waals surface area (Å²) in [5, 5.41) is 21.4. The predicted molar refractivity (Wildman–Crippen MR) is 82.5 cm³/mol. The van der Waals surface area contributed by atoms with E-state index in [4.69, 9.17) is 0 Å². The Hall–Kier alpha value is -2.61. The number of nitrogens with zero attached hydrogens (tertiary/aromatic N) is 2. The topological polar surface area (TPSA) is 110 Å². The lowest BCUT2D eigenvalue weighted by Crippen LogP contribution is -2.31. The Morgan fingerprint density at radius 3 is 3.05 bits per heavy atom. The van der Waals surface area contributed by atoms with Crippen molar-refractivity contribution in [1.29, 1.82) is 0 Å². The first-order chi connectivity index (χ1) is 10.6. The number of carbonyl (C=O) groups is 2. The number of aliphatic carboxylic acids is 1. The summed E-state index contributed by atoms with van der Waals surface area (Å²) in [4.78, 5) is 25.2. The molecule has 0 spiro atoms. The van der Waals surface area contributed by atoms with Crippen molar-refractivity contribution in [3.05, 3.63) is 36.0 Å². The van der Waals surface area contributed by atoms with Crippen LogP contribution in [0.3, 0.4) is 0 Å². The van der Waals surface area contributed by atoms with Crippen LogP contribution in [-0.4, -0.2) is 33.5 Å². The fraction of sp³-hybridized carbons (Fsp3) is 0.143. The number of thioether (sulfide) groups is 1. The van der Waals surface area contributed by atoms with Gasteiger partial charge in [-0.3, -0.25) is 4.79 Å². The van der Waals surface area contributed by atoms with E-state index in [1.165, 1.54) is 0 Å². The monoisotopic (exact) mass is 315 g/mol. The molecular weight excluding hydrogens is 304 g/mol. The Bertz CT molecular complexity index is 796. The molecule has 1 amide bonds. The van der Waals surface area contributed by atoms with E-state index in [0.717, 1.165) is 28.2 Å². The van der Waals surface area contributed by atoms with E-state index >= 15 is 0 Å². The summed E-state index contributed by atoms with van der Waals surface area (Å²) >= 11 is 1.03. The molecule has 0 bridgehead atoms. The minimum absolute atomic E-state index is 0.285. The van der Waals surface area contributed by atoms with Crippen molar-refractivity contribution < 1.29 is 14.7 Å². The summed E-state index contributed by atoms with van der Waals surface area (Å²) < 4.78 is 0. The molecule has 2 aromatic rings. The smallest absolute Gasteiger partial charge is 0.239 e. The molecule has 1 aliphatic heterocycles. The highest BCUT2D eigenvalue weighted by molar-refractivity contribution is 8.15. The van der Waals surface area contributed by atoms with E-state index in [-0.39, 0.29) is 11.6 Å². The maximum Gasteiger partial charge on any atom is 0.239 e. The maximum absolute atomic E-state index is 11.5. The lowest BCUT2D eigenvalue weighted by molar-refractivity contribution is -0.305. The van der Waals surface area contributed by atoms with Crippen molar-refractivity contribution in [2.24, 2.45) is 10.2 Å². The van der Waals surface area contributed by atoms with Gasteiger partial charge in [-0.25, -0.2) is 0 Å². The molecule has 1 aliphatic rings. The van der Waals surface area contributed by atoms with Gasteiger partial charge in [0.05, 0.1) is 11.5 Å². The summed E-state index contributed by atoms with van der Waals surface area (Å²) in [5.41, 5.74) is 1.87. The summed E-state index contributed by atoms with van der Waals surface area (Å²) in [7, 11) is 0. The minimum Gasteiger partial charge on any atom is -0.550 e. The molecule has 0 saturated carbocycles. The second-order valence-electron chi connectivity index (χ2n) is 4.61. The van der Waals surface area contributed by atoms with Crippen molar-refractivity contribution in [2.75, 3.05) is 0 Å². The van der Waals surface area contributed by atoms with Crippen LogP contribution in [0.25, 0.3) is 10.9 Å². The van der Waals surface area contributed by atoms with Crippen molar-refractivity contribution in [3.63, 3.8) is 0 Å². The van der Waals surface area contributed by atoms with Crippen LogP contribution in [0.2, 0.25) is 0 Å². The van der Waals surface area contributed by atoms with Gasteiger partial charge in [-0.05, 0) is 6.07 Å². The van der Waals surface area contributed by atoms with Crippen LogP contribution in [0.15, 0.2) is 40.7 Å². The summed E-state index contributed by atoms with van der Waals surface area (Å²) in [6.45, 7) is 0. The quantitative estimate of drug-likeness (QED) is 0.621. The lowest BCUT2D eigenvalue weighted by atomic mass is 10.2. The Kier molecular flexibility index (Phi) is 3.92. The molecule has 0 radical (unpaired) electrons. The number of aromatic amines is 1. The van der Waals surface area contributed by atoms with Crippen LogP contribution in [0.5, 0.6) is 0 Å². The minimum atomic E-state index is -1.27. The molecule has 2 N–H and O–H groups in total. The molecule has 1 fully saturated rings. The lowest BCUT2D eigenvalue weighted by Gasteiger charge is -2.04. The second-order valence-corrected chi connectivity index (χ2v) is 5.80. The molecule has 2 heterocycles. The highest BCUT2D eigenvalue weighted by Gasteiger charge is 2.30. The molecule has 0 unspecified atom stereocenters. The third kappa shape index (κ3) is 3.01. The number of carboxylic acid groups (broad SMARTS) is 1. The number of carboxylic acids is 1. The van der Waals surface area contributed by atoms with Gasteiger partial charge in [0.2, 0.25) is 5.91 Å². The summed E-state index contributed by atoms with van der Waals surface area (Å²) in [6.07, 6.45) is 3.04. The van der Waals surface area contributed by atoms with E-state index in [9.17, 15) is 14.7 Å². The van der Waals surface area contributed by atoms with Gasteiger partial charge in [-0.15, -0.1) is 5.10 Å². The van der Waals surface area contributed by atoms with Gasteiger partial charge in [0.15, 0.2) is 5.17 Å². The molecule has 7 nitrogen and oxygen atoms in total. The average Bonchev–Trinajstić information content (AvgIpc) is 3.04. The van der Waals surface area contributed by atoms with Crippen LogP contribution in [0, 0.1) is 0 Å². The molecule has 1 atom stereocenters. The third-order valence-corrected chi connectivity index (χ3v) is 4.17. The molecule has 8 heteroatoms. The number of fused-ring (bicyclic) bond motifs is 1. The highest BCUT2D eigenvalue weighted by atomic mass is 32.2. The Morgan fingerprint density at radius 2 is 2.23 bits per heavy atom. The molecular formula is C14H11N4O3S-. The normalized spacial score (nSPS) is 20.1. The van der Waals surface area contributed by atoms with Crippen molar-refractivity contribution in [1.82, 2.24) is 10.3 Å². The number of para-hydroxylation sites is 1. The van der Waals surface area contributed by atoms with Crippen LogP contribution in [0.1, 0.15) is 12.0 Å². The molecule has 1 aromatic heterocycles. The van der Waals surface area contributed by atoms with Gasteiger partial charge in [0.1, 0.15) is 0 Å². The number of aromatic nitrogens is 1. The average molecular weight is 315 g/mol. The van der Waals surface area contributed by atoms with Crippen molar-refractivity contribution in [2.45, 2.75) is 11.7 Å². The first kappa shape index (κ1) is 14.3. The molecule has 112 valence electrons. The molecule has 22 heavy (non-hydrogen) atoms. The SMILES string of the molecule is O=C([O-])C[C@H]1S/C(=N/N=C/c2c[nH]c3ccccc23)NC1=O. The van der Waals surface area contributed by atoms with Gasteiger partial charge in [0.25, 0.3) is 0 Å². The maximum atomic E-state index is 11.5. The van der Waals surface area contributed by atoms with Crippen molar-refractivity contribution >= 4 is 45.9 Å². The Balaban J connectivity index is 1.72. The third-order valence-electron chi connectivity index (χ3n) is 3.10. The van der Waals surface area contributed by atoms with E-state index < -0.39 is 17.1 Å². The number of hydrogen-bond donors (Lipinski definition) is 2. The summed E-state index contributed by atoms with van der Waals surface area (Å²) in [5.74, 6) is -1.66. The van der Waals surface area contributed by atoms with Crippen molar-refractivity contribution in [3.8, 4) is 0 Å². The van der Waals surface area contributed by atoms with Gasteiger partial charge in [-0.2, -0.15) is 5.10 Å². The van der Waals surface area contributed by atoms with Gasteiger partial charge >= 0.3 is 0 Å². The predicted octanol–water partition coefficient (Wildman–Crippen LogP) is 0.229. The van der Waals surface area contributed by atoms with Gasteiger partial charge < -0.3 is 20.2 Å². The number of hydrogen-bond acceptors (Lipinski definition) is 6. The second kappa shape index (κ2) is 6.02. The Labute approximate surface area is 129 Å². The fourth-order valence-corrected chi connectivity index (χ4v) is 2.99. The first-order valence-electron chi connectivity index (χ1n) is 6.48. The largest absolute Gasteiger partial charge is 0.550 e. The zero-order valence-electron chi connectivity index (χ0n) is 11.3. The van der Waals surface area contributed by atoms with Crippen LogP contribution in [-0.2, 0) is 9.59 Å². The van der Waals surface area contributed by atoms with Crippen LogP contribution < -0.4 is 10.4 Å².